The summed E-state index contributed by atoms with van der Waals surface area (Å²) >= 11 is 6.25. The Balaban J connectivity index is 1.67. The maximum absolute atomic E-state index is 6.25. The number of rotatable bonds is 8. The normalized spacial score (nSPS) is 10.8. The molecule has 0 aliphatic rings. The van der Waals surface area contributed by atoms with Crippen molar-refractivity contribution in [3.8, 4) is 28.3 Å². The van der Waals surface area contributed by atoms with Crippen LogP contribution in [0.4, 0.5) is 5.95 Å². The van der Waals surface area contributed by atoms with E-state index in [2.05, 4.69) is 29.0 Å². The summed E-state index contributed by atoms with van der Waals surface area (Å²) in [5, 5.41) is 0.669. The van der Waals surface area contributed by atoms with Crippen molar-refractivity contribution in [2.75, 3.05) is 5.73 Å². The van der Waals surface area contributed by atoms with E-state index in [4.69, 9.17) is 22.1 Å². The standard InChI is InChI=1S/C27H26ClN3O/c1-2-3-12-24-25(30-27(29)31-26(24)21-10-7-11-22(28)17-21)20-13-15-23(16-14-20)32-18-19-8-5-4-6-9-19/h4-11,13-17H,2-3,12,18H2,1H3,(H2,29,30,31). The smallest absolute Gasteiger partial charge is 0.221 e. The third-order valence-electron chi connectivity index (χ3n) is 5.28. The molecule has 0 spiro atoms. The van der Waals surface area contributed by atoms with Gasteiger partial charge in [-0.15, -0.1) is 0 Å². The van der Waals surface area contributed by atoms with E-state index in [0.717, 1.165) is 58.7 Å². The molecule has 0 saturated carbocycles. The van der Waals surface area contributed by atoms with Crippen LogP contribution < -0.4 is 10.5 Å². The number of nitrogens with two attached hydrogens (primary N) is 1. The summed E-state index contributed by atoms with van der Waals surface area (Å²) in [6.07, 6.45) is 2.97. The van der Waals surface area contributed by atoms with Gasteiger partial charge in [0.15, 0.2) is 0 Å². The van der Waals surface area contributed by atoms with Crippen LogP contribution in [0.5, 0.6) is 5.75 Å². The van der Waals surface area contributed by atoms with Crippen molar-refractivity contribution in [2.45, 2.75) is 32.8 Å². The fourth-order valence-electron chi connectivity index (χ4n) is 3.65. The van der Waals surface area contributed by atoms with Gasteiger partial charge < -0.3 is 10.5 Å². The van der Waals surface area contributed by atoms with Gasteiger partial charge in [0, 0.05) is 21.7 Å². The van der Waals surface area contributed by atoms with Crippen LogP contribution in [-0.2, 0) is 13.0 Å². The molecule has 0 amide bonds. The van der Waals surface area contributed by atoms with Gasteiger partial charge >= 0.3 is 0 Å². The number of halogens is 1. The van der Waals surface area contributed by atoms with Gasteiger partial charge in [-0.3, -0.25) is 0 Å². The monoisotopic (exact) mass is 443 g/mol. The van der Waals surface area contributed by atoms with Crippen LogP contribution in [-0.4, -0.2) is 9.97 Å². The number of benzene rings is 3. The molecule has 2 N–H and O–H groups in total. The van der Waals surface area contributed by atoms with Crippen LogP contribution in [0.15, 0.2) is 78.9 Å². The van der Waals surface area contributed by atoms with E-state index >= 15 is 0 Å². The highest BCUT2D eigenvalue weighted by molar-refractivity contribution is 6.30. The average Bonchev–Trinajstić information content (AvgIpc) is 2.82. The lowest BCUT2D eigenvalue weighted by atomic mass is 9.96. The topological polar surface area (TPSA) is 61.0 Å². The second kappa shape index (κ2) is 10.3. The predicted molar refractivity (Wildman–Crippen MR) is 132 cm³/mol. The summed E-state index contributed by atoms with van der Waals surface area (Å²) in [4.78, 5) is 9.21. The summed E-state index contributed by atoms with van der Waals surface area (Å²) in [6.45, 7) is 2.71. The quantitative estimate of drug-likeness (QED) is 0.319. The molecule has 3 aromatic carbocycles. The van der Waals surface area contributed by atoms with Crippen molar-refractivity contribution in [2.24, 2.45) is 0 Å². The SMILES string of the molecule is CCCCc1c(-c2ccc(OCc3ccccc3)cc2)nc(N)nc1-c1cccc(Cl)c1. The molecule has 0 atom stereocenters. The van der Waals surface area contributed by atoms with Crippen molar-refractivity contribution in [1.29, 1.82) is 0 Å². The van der Waals surface area contributed by atoms with E-state index in [1.807, 2.05) is 66.7 Å². The van der Waals surface area contributed by atoms with Crippen molar-refractivity contribution >= 4 is 17.5 Å². The molecule has 162 valence electrons. The molecule has 0 saturated heterocycles. The third kappa shape index (κ3) is 5.27. The van der Waals surface area contributed by atoms with E-state index < -0.39 is 0 Å². The average molecular weight is 444 g/mol. The minimum Gasteiger partial charge on any atom is -0.489 e. The first-order valence-electron chi connectivity index (χ1n) is 10.8. The Morgan fingerprint density at radius 2 is 1.56 bits per heavy atom. The van der Waals surface area contributed by atoms with E-state index in [9.17, 15) is 0 Å². The number of hydrogen-bond acceptors (Lipinski definition) is 4. The molecule has 1 aromatic heterocycles. The number of nitrogens with zero attached hydrogens (tertiary/aromatic N) is 2. The van der Waals surface area contributed by atoms with Gasteiger partial charge in [0.05, 0.1) is 11.4 Å². The van der Waals surface area contributed by atoms with Gasteiger partial charge in [0.1, 0.15) is 12.4 Å². The molecule has 0 aliphatic heterocycles. The Morgan fingerprint density at radius 3 is 2.25 bits per heavy atom. The highest BCUT2D eigenvalue weighted by Gasteiger charge is 2.17. The first-order valence-corrected chi connectivity index (χ1v) is 11.2. The molecule has 5 heteroatoms. The summed E-state index contributed by atoms with van der Waals surface area (Å²) in [7, 11) is 0. The fraction of sp³-hybridized carbons (Fsp3) is 0.185. The molecular weight excluding hydrogens is 418 g/mol. The van der Waals surface area contributed by atoms with E-state index in [-0.39, 0.29) is 5.95 Å². The number of anilines is 1. The largest absolute Gasteiger partial charge is 0.489 e. The Bertz CT molecular complexity index is 1180. The Kier molecular flexibility index (Phi) is 7.03. The van der Waals surface area contributed by atoms with E-state index in [1.54, 1.807) is 0 Å². The first-order chi connectivity index (χ1) is 15.6. The summed E-state index contributed by atoms with van der Waals surface area (Å²) < 4.78 is 5.94. The second-order valence-corrected chi connectivity index (χ2v) is 8.11. The van der Waals surface area contributed by atoms with Crippen LogP contribution in [0.25, 0.3) is 22.5 Å². The maximum atomic E-state index is 6.25. The zero-order valence-corrected chi connectivity index (χ0v) is 18.8. The first kappa shape index (κ1) is 21.8. The second-order valence-electron chi connectivity index (χ2n) is 7.67. The van der Waals surface area contributed by atoms with Crippen molar-refractivity contribution in [3.63, 3.8) is 0 Å². The number of nitrogen functional groups attached to an aromatic ring is 1. The summed E-state index contributed by atoms with van der Waals surface area (Å²) in [6, 6.07) is 25.8. The van der Waals surface area contributed by atoms with Crippen LogP contribution >= 0.6 is 11.6 Å². The lowest BCUT2D eigenvalue weighted by molar-refractivity contribution is 0.306. The highest BCUT2D eigenvalue weighted by Crippen LogP contribution is 2.33. The van der Waals surface area contributed by atoms with Gasteiger partial charge in [0.2, 0.25) is 5.95 Å². The van der Waals surface area contributed by atoms with Crippen LogP contribution in [0.2, 0.25) is 5.02 Å². The van der Waals surface area contributed by atoms with Gasteiger partial charge in [0.25, 0.3) is 0 Å². The Hall–Kier alpha value is -3.37. The minimum absolute atomic E-state index is 0.250. The van der Waals surface area contributed by atoms with Gasteiger partial charge in [-0.25, -0.2) is 9.97 Å². The zero-order valence-electron chi connectivity index (χ0n) is 18.1. The van der Waals surface area contributed by atoms with E-state index in [1.165, 1.54) is 0 Å². The number of unbranched alkanes of at least 4 members (excludes halogenated alkanes) is 1. The molecule has 4 aromatic rings. The molecule has 1 heterocycles. The zero-order chi connectivity index (χ0) is 22.3. The predicted octanol–water partition coefficient (Wildman–Crippen LogP) is 6.97. The fourth-order valence-corrected chi connectivity index (χ4v) is 3.85. The third-order valence-corrected chi connectivity index (χ3v) is 5.51. The van der Waals surface area contributed by atoms with Crippen molar-refractivity contribution in [1.82, 2.24) is 9.97 Å². The molecular formula is C27H26ClN3O. The molecule has 0 radical (unpaired) electrons. The highest BCUT2D eigenvalue weighted by atomic mass is 35.5. The molecule has 4 nitrogen and oxygen atoms in total. The maximum Gasteiger partial charge on any atom is 0.221 e. The minimum atomic E-state index is 0.250. The van der Waals surface area contributed by atoms with E-state index in [0.29, 0.717) is 11.6 Å². The number of aromatic nitrogens is 2. The molecule has 4 rings (SSSR count). The van der Waals surface area contributed by atoms with Crippen LogP contribution in [0.1, 0.15) is 30.9 Å². The molecule has 0 fully saturated rings. The van der Waals surface area contributed by atoms with Gasteiger partial charge in [-0.2, -0.15) is 0 Å². The summed E-state index contributed by atoms with van der Waals surface area (Å²) in [5.74, 6) is 1.06. The Labute approximate surface area is 194 Å². The van der Waals surface area contributed by atoms with Crippen LogP contribution in [0.3, 0.4) is 0 Å². The van der Waals surface area contributed by atoms with Crippen molar-refractivity contribution < 1.29 is 4.74 Å². The molecule has 32 heavy (non-hydrogen) atoms. The Morgan fingerprint density at radius 1 is 0.844 bits per heavy atom. The molecule has 0 unspecified atom stereocenters. The molecule has 0 aliphatic carbocycles. The summed E-state index contributed by atoms with van der Waals surface area (Å²) in [5.41, 5.74) is 12.0. The number of ether oxygens (including phenoxy) is 1. The van der Waals surface area contributed by atoms with Gasteiger partial charge in [-0.05, 0) is 54.8 Å². The lowest BCUT2D eigenvalue weighted by Gasteiger charge is -2.15. The molecule has 0 bridgehead atoms. The number of hydrogen-bond donors (Lipinski definition) is 1. The van der Waals surface area contributed by atoms with Gasteiger partial charge in [-0.1, -0.05) is 67.4 Å². The van der Waals surface area contributed by atoms with Crippen LogP contribution in [0, 0.1) is 0 Å². The van der Waals surface area contributed by atoms with Crippen molar-refractivity contribution in [3.05, 3.63) is 95.0 Å². The lowest BCUT2D eigenvalue weighted by Crippen LogP contribution is -2.05.